The Hall–Kier alpha value is -1.80. The molecule has 25 heavy (non-hydrogen) atoms. The number of hydrogen-bond donors (Lipinski definition) is 1. The molecule has 1 aromatic carbocycles. The molecule has 0 unspecified atom stereocenters. The lowest BCUT2D eigenvalue weighted by atomic mass is 10.2. The van der Waals surface area contributed by atoms with Gasteiger partial charge in [0.1, 0.15) is 12.7 Å². The average molecular weight is 359 g/mol. The molecule has 0 aliphatic carbocycles. The SMILES string of the molecule is C[C@H](OCC(F)(F)F)C(=O)NCCN1CCN(c2ccccc2)CC1. The highest BCUT2D eigenvalue weighted by Crippen LogP contribution is 2.16. The molecule has 1 amide bonds. The number of amides is 1. The van der Waals surface area contributed by atoms with Crippen molar-refractivity contribution in [3.8, 4) is 0 Å². The first kappa shape index (κ1) is 19.5. The Morgan fingerprint density at radius 3 is 2.44 bits per heavy atom. The minimum Gasteiger partial charge on any atom is -0.369 e. The van der Waals surface area contributed by atoms with E-state index in [1.807, 2.05) is 18.2 Å². The van der Waals surface area contributed by atoms with Gasteiger partial charge in [0.2, 0.25) is 5.91 Å². The maximum absolute atomic E-state index is 12.1. The molecule has 0 radical (unpaired) electrons. The zero-order valence-corrected chi connectivity index (χ0v) is 14.3. The van der Waals surface area contributed by atoms with Crippen LogP contribution in [0.1, 0.15) is 6.92 Å². The zero-order chi connectivity index (χ0) is 18.3. The molecule has 0 saturated carbocycles. The highest BCUT2D eigenvalue weighted by atomic mass is 19.4. The number of anilines is 1. The van der Waals surface area contributed by atoms with Crippen LogP contribution in [0.5, 0.6) is 0 Å². The predicted octanol–water partition coefficient (Wildman–Crippen LogP) is 1.89. The third-order valence-electron chi connectivity index (χ3n) is 4.09. The van der Waals surface area contributed by atoms with E-state index >= 15 is 0 Å². The Morgan fingerprint density at radius 2 is 1.84 bits per heavy atom. The molecule has 2 rings (SSSR count). The Labute approximate surface area is 145 Å². The van der Waals surface area contributed by atoms with Gasteiger partial charge in [-0.1, -0.05) is 18.2 Å². The molecule has 1 heterocycles. The standard InChI is InChI=1S/C17H24F3N3O2/c1-14(25-13-17(18,19)20)16(24)21-7-8-22-9-11-23(12-10-22)15-5-3-2-4-6-15/h2-6,14H,7-13H2,1H3,(H,21,24)/t14-/m0/s1. The van der Waals surface area contributed by atoms with E-state index in [2.05, 4.69) is 32.0 Å². The third-order valence-corrected chi connectivity index (χ3v) is 4.09. The number of carbonyl (C=O) groups excluding carboxylic acids is 1. The summed E-state index contributed by atoms with van der Waals surface area (Å²) in [5, 5.41) is 2.62. The number of benzene rings is 1. The summed E-state index contributed by atoms with van der Waals surface area (Å²) in [5.41, 5.74) is 1.20. The van der Waals surface area contributed by atoms with E-state index in [1.165, 1.54) is 12.6 Å². The molecule has 1 aromatic rings. The highest BCUT2D eigenvalue weighted by molar-refractivity contribution is 5.80. The van der Waals surface area contributed by atoms with E-state index in [4.69, 9.17) is 0 Å². The average Bonchev–Trinajstić information content (AvgIpc) is 2.60. The van der Waals surface area contributed by atoms with Crippen LogP contribution in [0.2, 0.25) is 0 Å². The normalized spacial score (nSPS) is 17.4. The smallest absolute Gasteiger partial charge is 0.369 e. The number of alkyl halides is 3. The summed E-state index contributed by atoms with van der Waals surface area (Å²) in [6, 6.07) is 10.2. The molecule has 1 N–H and O–H groups in total. The summed E-state index contributed by atoms with van der Waals surface area (Å²) in [5.74, 6) is -0.521. The molecule has 0 aromatic heterocycles. The molecule has 5 nitrogen and oxygen atoms in total. The molecule has 140 valence electrons. The van der Waals surface area contributed by atoms with Crippen molar-refractivity contribution in [2.75, 3.05) is 50.8 Å². The summed E-state index contributed by atoms with van der Waals surface area (Å²) in [4.78, 5) is 16.2. The summed E-state index contributed by atoms with van der Waals surface area (Å²) >= 11 is 0. The molecular formula is C17H24F3N3O2. The monoisotopic (exact) mass is 359 g/mol. The van der Waals surface area contributed by atoms with Crippen molar-refractivity contribution >= 4 is 11.6 Å². The lowest BCUT2D eigenvalue weighted by Gasteiger charge is -2.36. The van der Waals surface area contributed by atoms with Crippen LogP contribution < -0.4 is 10.2 Å². The van der Waals surface area contributed by atoms with E-state index in [1.54, 1.807) is 0 Å². The predicted molar refractivity (Wildman–Crippen MR) is 89.6 cm³/mol. The maximum Gasteiger partial charge on any atom is 0.411 e. The topological polar surface area (TPSA) is 44.8 Å². The largest absolute Gasteiger partial charge is 0.411 e. The minimum absolute atomic E-state index is 0.393. The van der Waals surface area contributed by atoms with Gasteiger partial charge in [-0.2, -0.15) is 13.2 Å². The van der Waals surface area contributed by atoms with Crippen molar-refractivity contribution in [1.29, 1.82) is 0 Å². The first-order chi connectivity index (χ1) is 11.8. The van der Waals surface area contributed by atoms with Gasteiger partial charge in [0.15, 0.2) is 0 Å². The number of para-hydroxylation sites is 1. The van der Waals surface area contributed by atoms with Gasteiger partial charge in [0.25, 0.3) is 0 Å². The van der Waals surface area contributed by atoms with E-state index < -0.39 is 24.8 Å². The summed E-state index contributed by atoms with van der Waals surface area (Å²) in [6.07, 6.45) is -5.54. The number of rotatable bonds is 7. The Bertz CT molecular complexity index is 532. The molecule has 1 saturated heterocycles. The van der Waals surface area contributed by atoms with Crippen LogP contribution in [0.25, 0.3) is 0 Å². The number of carbonyl (C=O) groups is 1. The summed E-state index contributed by atoms with van der Waals surface area (Å²) in [7, 11) is 0. The Morgan fingerprint density at radius 1 is 1.20 bits per heavy atom. The Balaban J connectivity index is 1.62. The van der Waals surface area contributed by atoms with Crippen LogP contribution in [-0.4, -0.2) is 69.0 Å². The van der Waals surface area contributed by atoms with E-state index in [0.717, 1.165) is 26.2 Å². The van der Waals surface area contributed by atoms with Gasteiger partial charge in [-0.3, -0.25) is 9.69 Å². The number of ether oxygens (including phenoxy) is 1. The lowest BCUT2D eigenvalue weighted by Crippen LogP contribution is -2.49. The summed E-state index contributed by atoms with van der Waals surface area (Å²) in [6.45, 7) is 4.54. The van der Waals surface area contributed by atoms with Crippen molar-refractivity contribution in [3.63, 3.8) is 0 Å². The van der Waals surface area contributed by atoms with E-state index in [0.29, 0.717) is 13.1 Å². The van der Waals surface area contributed by atoms with Gasteiger partial charge in [0, 0.05) is 45.0 Å². The quantitative estimate of drug-likeness (QED) is 0.808. The number of halogens is 3. The first-order valence-electron chi connectivity index (χ1n) is 8.33. The lowest BCUT2D eigenvalue weighted by molar-refractivity contribution is -0.185. The fourth-order valence-corrected chi connectivity index (χ4v) is 2.64. The van der Waals surface area contributed by atoms with E-state index in [9.17, 15) is 18.0 Å². The second-order valence-corrected chi connectivity index (χ2v) is 6.02. The minimum atomic E-state index is -4.42. The van der Waals surface area contributed by atoms with Crippen LogP contribution in [0.4, 0.5) is 18.9 Å². The van der Waals surface area contributed by atoms with E-state index in [-0.39, 0.29) is 0 Å². The van der Waals surface area contributed by atoms with Crippen LogP contribution >= 0.6 is 0 Å². The van der Waals surface area contributed by atoms with Crippen LogP contribution in [-0.2, 0) is 9.53 Å². The second-order valence-electron chi connectivity index (χ2n) is 6.02. The number of hydrogen-bond acceptors (Lipinski definition) is 4. The highest BCUT2D eigenvalue weighted by Gasteiger charge is 2.29. The molecule has 1 atom stereocenters. The number of nitrogens with one attached hydrogen (secondary N) is 1. The molecule has 0 spiro atoms. The molecule has 1 fully saturated rings. The fourth-order valence-electron chi connectivity index (χ4n) is 2.64. The van der Waals surface area contributed by atoms with Crippen LogP contribution in [0, 0.1) is 0 Å². The van der Waals surface area contributed by atoms with Gasteiger partial charge in [0.05, 0.1) is 0 Å². The van der Waals surface area contributed by atoms with Crippen LogP contribution in [0.3, 0.4) is 0 Å². The molecule has 8 heteroatoms. The maximum atomic E-state index is 12.1. The second kappa shape index (κ2) is 9.05. The van der Waals surface area contributed by atoms with Crippen molar-refractivity contribution in [1.82, 2.24) is 10.2 Å². The number of nitrogens with zero attached hydrogens (tertiary/aromatic N) is 2. The summed E-state index contributed by atoms with van der Waals surface area (Å²) < 4.78 is 40.7. The third kappa shape index (κ3) is 6.91. The molecule has 0 bridgehead atoms. The molecule has 1 aliphatic heterocycles. The van der Waals surface area contributed by atoms with Gasteiger partial charge >= 0.3 is 6.18 Å². The van der Waals surface area contributed by atoms with Crippen LogP contribution in [0.15, 0.2) is 30.3 Å². The molecule has 1 aliphatic rings. The zero-order valence-electron chi connectivity index (χ0n) is 14.3. The van der Waals surface area contributed by atoms with Crippen molar-refractivity contribution < 1.29 is 22.7 Å². The molecular weight excluding hydrogens is 335 g/mol. The Kier molecular flexibility index (Phi) is 7.07. The first-order valence-corrected chi connectivity index (χ1v) is 8.33. The van der Waals surface area contributed by atoms with Gasteiger partial charge in [-0.15, -0.1) is 0 Å². The van der Waals surface area contributed by atoms with Gasteiger partial charge in [-0.25, -0.2) is 0 Å². The van der Waals surface area contributed by atoms with Gasteiger partial charge in [-0.05, 0) is 19.1 Å². The van der Waals surface area contributed by atoms with Crippen molar-refractivity contribution in [2.24, 2.45) is 0 Å². The van der Waals surface area contributed by atoms with Gasteiger partial charge < -0.3 is 15.0 Å². The fraction of sp³-hybridized carbons (Fsp3) is 0.588. The number of piperazine rings is 1. The van der Waals surface area contributed by atoms with Crippen molar-refractivity contribution in [2.45, 2.75) is 19.2 Å². The van der Waals surface area contributed by atoms with Crippen molar-refractivity contribution in [3.05, 3.63) is 30.3 Å².